The molecule has 3 aromatic rings. The van der Waals surface area contributed by atoms with Gasteiger partial charge in [0, 0.05) is 5.70 Å². The number of hydrogen-bond donors (Lipinski definition) is 2. The number of hydrogen-bond acceptors (Lipinski definition) is 4. The standard InChI is InChI=1S/C23H23NO4/c1-4-6-20(16-7-9-17(10-8-16)23(25)26)24-14-18-13-19-21(27-3)12-11-15(5-2)22(19)28-18/h4,6-13,24H,1,5,14H2,2-3H3,(H,25,26)/b20-6-. The highest BCUT2D eigenvalue weighted by molar-refractivity contribution is 5.88. The number of fused-ring (bicyclic) bond motifs is 1. The van der Waals surface area contributed by atoms with Gasteiger partial charge in [-0.1, -0.05) is 37.8 Å². The number of aryl methyl sites for hydroxylation is 1. The quantitative estimate of drug-likeness (QED) is 0.540. The second kappa shape index (κ2) is 8.48. The molecule has 5 nitrogen and oxygen atoms in total. The smallest absolute Gasteiger partial charge is 0.335 e. The molecule has 28 heavy (non-hydrogen) atoms. The number of allylic oxidation sites excluding steroid dienone is 2. The molecule has 144 valence electrons. The van der Waals surface area contributed by atoms with Gasteiger partial charge < -0.3 is 19.6 Å². The van der Waals surface area contributed by atoms with Gasteiger partial charge in [-0.3, -0.25) is 0 Å². The number of carboxylic acid groups (broad SMARTS) is 1. The van der Waals surface area contributed by atoms with Crippen LogP contribution in [0.3, 0.4) is 0 Å². The number of furan rings is 1. The van der Waals surface area contributed by atoms with Gasteiger partial charge in [0.2, 0.25) is 0 Å². The zero-order valence-corrected chi connectivity index (χ0v) is 16.0. The van der Waals surface area contributed by atoms with E-state index in [9.17, 15) is 4.79 Å². The van der Waals surface area contributed by atoms with Gasteiger partial charge in [0.25, 0.3) is 0 Å². The molecule has 0 saturated heterocycles. The van der Waals surface area contributed by atoms with E-state index in [1.54, 1.807) is 37.5 Å². The maximum atomic E-state index is 11.0. The molecule has 0 aliphatic carbocycles. The molecule has 0 aliphatic rings. The summed E-state index contributed by atoms with van der Waals surface area (Å²) in [4.78, 5) is 11.0. The SMILES string of the molecule is C=C/C=C(\NCc1cc2c(OC)ccc(CC)c2o1)c1ccc(C(=O)O)cc1. The Kier molecular flexibility index (Phi) is 5.84. The molecule has 1 heterocycles. The summed E-state index contributed by atoms with van der Waals surface area (Å²) >= 11 is 0. The summed E-state index contributed by atoms with van der Waals surface area (Å²) < 4.78 is 11.5. The molecular formula is C23H23NO4. The van der Waals surface area contributed by atoms with Gasteiger partial charge in [-0.2, -0.15) is 0 Å². The van der Waals surface area contributed by atoms with Gasteiger partial charge in [-0.05, 0) is 47.9 Å². The van der Waals surface area contributed by atoms with Crippen molar-refractivity contribution in [2.24, 2.45) is 0 Å². The fourth-order valence-corrected chi connectivity index (χ4v) is 3.10. The Labute approximate surface area is 163 Å². The molecule has 0 spiro atoms. The lowest BCUT2D eigenvalue weighted by Gasteiger charge is -2.10. The molecule has 1 aromatic heterocycles. The highest BCUT2D eigenvalue weighted by Crippen LogP contribution is 2.32. The molecule has 0 amide bonds. The molecule has 2 N–H and O–H groups in total. The minimum atomic E-state index is -0.947. The first-order valence-corrected chi connectivity index (χ1v) is 9.06. The molecule has 0 bridgehead atoms. The lowest BCUT2D eigenvalue weighted by atomic mass is 10.1. The Morgan fingerprint density at radius 3 is 2.54 bits per heavy atom. The zero-order chi connectivity index (χ0) is 20.1. The molecule has 0 radical (unpaired) electrons. The lowest BCUT2D eigenvalue weighted by molar-refractivity contribution is 0.0697. The second-order valence-electron chi connectivity index (χ2n) is 6.29. The third-order valence-electron chi connectivity index (χ3n) is 4.56. The third-order valence-corrected chi connectivity index (χ3v) is 4.56. The van der Waals surface area contributed by atoms with Crippen LogP contribution in [0.1, 0.15) is 34.2 Å². The normalized spacial score (nSPS) is 11.4. The van der Waals surface area contributed by atoms with E-state index >= 15 is 0 Å². The number of methoxy groups -OCH3 is 1. The van der Waals surface area contributed by atoms with Gasteiger partial charge in [-0.25, -0.2) is 4.79 Å². The lowest BCUT2D eigenvalue weighted by Crippen LogP contribution is -2.11. The second-order valence-corrected chi connectivity index (χ2v) is 6.29. The highest BCUT2D eigenvalue weighted by Gasteiger charge is 2.13. The summed E-state index contributed by atoms with van der Waals surface area (Å²) in [6, 6.07) is 12.7. The zero-order valence-electron chi connectivity index (χ0n) is 16.0. The average molecular weight is 377 g/mol. The molecule has 3 rings (SSSR count). The summed E-state index contributed by atoms with van der Waals surface area (Å²) in [5.41, 5.74) is 3.92. The molecule has 0 unspecified atom stereocenters. The van der Waals surface area contributed by atoms with Crippen LogP contribution in [0.5, 0.6) is 5.75 Å². The molecule has 0 saturated carbocycles. The minimum Gasteiger partial charge on any atom is -0.496 e. The Balaban J connectivity index is 1.85. The van der Waals surface area contributed by atoms with Crippen LogP contribution in [-0.2, 0) is 13.0 Å². The predicted octanol–water partition coefficient (Wildman–Crippen LogP) is 5.02. The van der Waals surface area contributed by atoms with Crippen LogP contribution >= 0.6 is 0 Å². The van der Waals surface area contributed by atoms with Crippen molar-refractivity contribution in [3.63, 3.8) is 0 Å². The van der Waals surface area contributed by atoms with Gasteiger partial charge in [0.15, 0.2) is 0 Å². The number of benzene rings is 2. The Bertz CT molecular complexity index is 988. The predicted molar refractivity (Wildman–Crippen MR) is 111 cm³/mol. The van der Waals surface area contributed by atoms with Crippen molar-refractivity contribution in [2.75, 3.05) is 7.11 Å². The first-order chi connectivity index (χ1) is 13.6. The first-order valence-electron chi connectivity index (χ1n) is 9.06. The highest BCUT2D eigenvalue weighted by atomic mass is 16.5. The Morgan fingerprint density at radius 2 is 1.93 bits per heavy atom. The van der Waals surface area contributed by atoms with E-state index < -0.39 is 5.97 Å². The van der Waals surface area contributed by atoms with Crippen molar-refractivity contribution >= 4 is 22.6 Å². The van der Waals surface area contributed by atoms with E-state index in [-0.39, 0.29) is 5.56 Å². The van der Waals surface area contributed by atoms with Gasteiger partial charge in [-0.15, -0.1) is 0 Å². The van der Waals surface area contributed by atoms with Crippen LogP contribution in [0, 0.1) is 0 Å². The van der Waals surface area contributed by atoms with Gasteiger partial charge in [0.1, 0.15) is 17.1 Å². The molecule has 0 fully saturated rings. The number of aromatic carboxylic acids is 1. The van der Waals surface area contributed by atoms with Crippen LogP contribution in [-0.4, -0.2) is 18.2 Å². The van der Waals surface area contributed by atoms with E-state index in [1.165, 1.54) is 0 Å². The van der Waals surface area contributed by atoms with Crippen molar-refractivity contribution in [1.29, 1.82) is 0 Å². The van der Waals surface area contributed by atoms with E-state index in [1.807, 2.05) is 24.3 Å². The van der Waals surface area contributed by atoms with E-state index in [0.717, 1.165) is 45.7 Å². The monoisotopic (exact) mass is 377 g/mol. The van der Waals surface area contributed by atoms with Crippen molar-refractivity contribution in [3.8, 4) is 5.75 Å². The number of carboxylic acids is 1. The summed E-state index contributed by atoms with van der Waals surface area (Å²) in [5.74, 6) is 0.622. The fraction of sp³-hybridized carbons (Fsp3) is 0.174. The molecule has 0 atom stereocenters. The Hall–Kier alpha value is -3.47. The summed E-state index contributed by atoms with van der Waals surface area (Å²) in [7, 11) is 1.65. The minimum absolute atomic E-state index is 0.248. The maximum absolute atomic E-state index is 11.0. The van der Waals surface area contributed by atoms with Crippen molar-refractivity contribution in [3.05, 3.63) is 83.6 Å². The Morgan fingerprint density at radius 1 is 1.21 bits per heavy atom. The molecule has 0 aliphatic heterocycles. The number of rotatable bonds is 8. The summed E-state index contributed by atoms with van der Waals surface area (Å²) in [6.45, 7) is 6.32. The van der Waals surface area contributed by atoms with Crippen LogP contribution in [0.25, 0.3) is 16.7 Å². The topological polar surface area (TPSA) is 71.7 Å². The van der Waals surface area contributed by atoms with Gasteiger partial charge >= 0.3 is 5.97 Å². The van der Waals surface area contributed by atoms with Crippen LogP contribution in [0.2, 0.25) is 0 Å². The maximum Gasteiger partial charge on any atom is 0.335 e. The molecule has 5 heteroatoms. The molecular weight excluding hydrogens is 354 g/mol. The largest absolute Gasteiger partial charge is 0.496 e. The molecule has 2 aromatic carbocycles. The number of carbonyl (C=O) groups is 1. The van der Waals surface area contributed by atoms with Gasteiger partial charge in [0.05, 0.1) is 24.6 Å². The van der Waals surface area contributed by atoms with E-state index in [4.69, 9.17) is 14.3 Å². The summed E-state index contributed by atoms with van der Waals surface area (Å²) in [6.07, 6.45) is 4.40. The number of nitrogens with one attached hydrogen (secondary N) is 1. The average Bonchev–Trinajstić information content (AvgIpc) is 3.14. The van der Waals surface area contributed by atoms with Crippen molar-refractivity contribution in [2.45, 2.75) is 19.9 Å². The summed E-state index contributed by atoms with van der Waals surface area (Å²) in [5, 5.41) is 13.4. The van der Waals surface area contributed by atoms with Crippen LogP contribution in [0.15, 0.2) is 65.6 Å². The third kappa shape index (κ3) is 3.93. The van der Waals surface area contributed by atoms with Crippen LogP contribution in [0.4, 0.5) is 0 Å². The number of ether oxygens (including phenoxy) is 1. The van der Waals surface area contributed by atoms with E-state index in [2.05, 4.69) is 18.8 Å². The first kappa shape index (κ1) is 19.3. The fourth-order valence-electron chi connectivity index (χ4n) is 3.10. The van der Waals surface area contributed by atoms with Crippen molar-refractivity contribution < 1.29 is 19.1 Å². The van der Waals surface area contributed by atoms with Crippen LogP contribution < -0.4 is 10.1 Å². The van der Waals surface area contributed by atoms with E-state index in [0.29, 0.717) is 6.54 Å². The van der Waals surface area contributed by atoms with Crippen molar-refractivity contribution in [1.82, 2.24) is 5.32 Å².